The lowest BCUT2D eigenvalue weighted by atomic mass is 10.1. The van der Waals surface area contributed by atoms with Gasteiger partial charge in [0.2, 0.25) is 0 Å². The van der Waals surface area contributed by atoms with Crippen LogP contribution in [0.15, 0.2) is 63.7 Å². The maximum atomic E-state index is 12.4. The number of hydrogen-bond donors (Lipinski definition) is 2. The third-order valence-electron chi connectivity index (χ3n) is 3.93. The highest BCUT2D eigenvalue weighted by Gasteiger charge is 2.33. The molecule has 1 heterocycles. The zero-order valence-corrected chi connectivity index (χ0v) is 17.3. The molecule has 0 radical (unpaired) electrons. The van der Waals surface area contributed by atoms with E-state index in [4.69, 9.17) is 21.1 Å². The fourth-order valence-corrected chi connectivity index (χ4v) is 3.72. The van der Waals surface area contributed by atoms with Crippen molar-refractivity contribution in [2.24, 2.45) is 4.99 Å². The monoisotopic (exact) mass is 431 g/mol. The molecule has 29 heavy (non-hydrogen) atoms. The molecule has 0 amide bonds. The van der Waals surface area contributed by atoms with Crippen LogP contribution in [0.1, 0.15) is 12.5 Å². The number of nitrogens with zero attached hydrogens (tertiary/aromatic N) is 1. The summed E-state index contributed by atoms with van der Waals surface area (Å²) < 4.78 is 10.2. The average molecular weight is 432 g/mol. The van der Waals surface area contributed by atoms with Crippen LogP contribution >= 0.6 is 23.4 Å². The lowest BCUT2D eigenvalue weighted by Gasteiger charge is -2.04. The fourth-order valence-electron chi connectivity index (χ4n) is 2.56. The molecule has 0 spiro atoms. The Morgan fingerprint density at radius 2 is 1.93 bits per heavy atom. The van der Waals surface area contributed by atoms with Crippen LogP contribution in [0.25, 0.3) is 6.08 Å². The maximum absolute atomic E-state index is 12.4. The van der Waals surface area contributed by atoms with E-state index in [9.17, 15) is 15.0 Å². The number of aliphatic imine (C=N–C) groups is 1. The quantitative estimate of drug-likeness (QED) is 0.629. The molecular formula is C21H18ClNO5S. The van der Waals surface area contributed by atoms with Crippen molar-refractivity contribution < 1.29 is 24.5 Å². The third-order valence-corrected chi connectivity index (χ3v) is 5.20. The molecule has 0 aromatic heterocycles. The summed E-state index contributed by atoms with van der Waals surface area (Å²) in [6.45, 7) is 1.86. The van der Waals surface area contributed by atoms with E-state index in [1.807, 2.05) is 0 Å². The van der Waals surface area contributed by atoms with Crippen molar-refractivity contribution in [3.05, 3.63) is 69.3 Å². The number of esters is 1. The summed E-state index contributed by atoms with van der Waals surface area (Å²) in [5.41, 5.74) is 1.26. The molecule has 0 saturated heterocycles. The van der Waals surface area contributed by atoms with Gasteiger partial charge >= 0.3 is 5.97 Å². The number of benzene rings is 2. The van der Waals surface area contributed by atoms with Gasteiger partial charge in [0.15, 0.2) is 11.5 Å². The lowest BCUT2D eigenvalue weighted by Crippen LogP contribution is -2.12. The first kappa shape index (κ1) is 20.8. The molecule has 2 aromatic rings. The number of aliphatic hydroxyl groups excluding tert-OH is 1. The van der Waals surface area contributed by atoms with Crippen molar-refractivity contribution in [2.75, 3.05) is 13.7 Å². The Labute approximate surface area is 177 Å². The van der Waals surface area contributed by atoms with Crippen molar-refractivity contribution in [1.82, 2.24) is 0 Å². The maximum Gasteiger partial charge on any atom is 0.344 e. The molecule has 6 nitrogen and oxygen atoms in total. The van der Waals surface area contributed by atoms with Crippen molar-refractivity contribution in [3.8, 4) is 11.5 Å². The molecule has 1 aliphatic heterocycles. The fraction of sp³-hybridized carbons (Fsp3) is 0.143. The Morgan fingerprint density at radius 1 is 1.21 bits per heavy atom. The van der Waals surface area contributed by atoms with Crippen LogP contribution in [0.5, 0.6) is 11.5 Å². The van der Waals surface area contributed by atoms with E-state index in [0.29, 0.717) is 32.0 Å². The molecule has 0 fully saturated rings. The van der Waals surface area contributed by atoms with E-state index in [1.165, 1.54) is 13.2 Å². The second kappa shape index (κ2) is 9.07. The number of carbonyl (C=O) groups excluding carboxylic acids is 1. The van der Waals surface area contributed by atoms with Crippen molar-refractivity contribution in [2.45, 2.75) is 6.92 Å². The molecule has 0 aliphatic carbocycles. The highest BCUT2D eigenvalue weighted by molar-refractivity contribution is 8.18. The molecule has 1 aliphatic rings. The minimum absolute atomic E-state index is 0.00351. The number of methoxy groups -OCH3 is 1. The molecule has 0 bridgehead atoms. The number of aromatic hydroxyl groups is 1. The number of hydrogen-bond acceptors (Lipinski definition) is 7. The lowest BCUT2D eigenvalue weighted by molar-refractivity contribution is -0.138. The number of thioether (sulfide) groups is 1. The molecule has 0 saturated carbocycles. The highest BCUT2D eigenvalue weighted by atomic mass is 35.5. The summed E-state index contributed by atoms with van der Waals surface area (Å²) in [6, 6.07) is 11.6. The SMILES string of the molecule is CCOC(=O)C1=C(O)C(=Cc2ccc(O)c(OC)c2)SC1=Nc1ccc(Cl)cc1. The Morgan fingerprint density at radius 3 is 2.59 bits per heavy atom. The predicted octanol–water partition coefficient (Wildman–Crippen LogP) is 5.25. The highest BCUT2D eigenvalue weighted by Crippen LogP contribution is 2.41. The van der Waals surface area contributed by atoms with Gasteiger partial charge in [-0.2, -0.15) is 0 Å². The Hall–Kier alpha value is -2.90. The zero-order chi connectivity index (χ0) is 21.0. The number of phenols is 1. The van der Waals surface area contributed by atoms with Crippen LogP contribution in [0.2, 0.25) is 5.02 Å². The van der Waals surface area contributed by atoms with Gasteiger partial charge in [-0.25, -0.2) is 9.79 Å². The van der Waals surface area contributed by atoms with E-state index >= 15 is 0 Å². The Bertz CT molecular complexity index is 1030. The number of phenolic OH excluding ortho intramolecular Hbond substituents is 1. The number of carbonyl (C=O) groups is 1. The molecule has 2 N–H and O–H groups in total. The summed E-state index contributed by atoms with van der Waals surface area (Å²) in [5.74, 6) is -0.567. The summed E-state index contributed by atoms with van der Waals surface area (Å²) in [5, 5.41) is 21.3. The average Bonchev–Trinajstić information content (AvgIpc) is 3.00. The number of ether oxygens (including phenoxy) is 2. The summed E-state index contributed by atoms with van der Waals surface area (Å²) in [6.07, 6.45) is 1.67. The van der Waals surface area contributed by atoms with Crippen LogP contribution in [0, 0.1) is 0 Å². The van der Waals surface area contributed by atoms with Gasteiger partial charge in [-0.3, -0.25) is 0 Å². The standard InChI is InChI=1S/C21H18ClNO5S/c1-3-28-21(26)18-19(25)17(11-12-4-9-15(24)16(10-12)27-2)29-20(18)23-14-7-5-13(22)6-8-14/h4-11,24-25H,3H2,1-2H3. The van der Waals surface area contributed by atoms with E-state index in [0.717, 1.165) is 11.8 Å². The third kappa shape index (κ3) is 4.75. The molecule has 2 aromatic carbocycles. The van der Waals surface area contributed by atoms with Crippen LogP contribution in [0.3, 0.4) is 0 Å². The van der Waals surface area contributed by atoms with E-state index in [1.54, 1.807) is 49.4 Å². The van der Waals surface area contributed by atoms with Crippen molar-refractivity contribution >= 4 is 46.1 Å². The van der Waals surface area contributed by atoms with Gasteiger partial charge in [-0.15, -0.1) is 0 Å². The topological polar surface area (TPSA) is 88.4 Å². The van der Waals surface area contributed by atoms with E-state index in [-0.39, 0.29) is 23.7 Å². The van der Waals surface area contributed by atoms with Crippen LogP contribution in [-0.4, -0.2) is 34.9 Å². The first-order chi connectivity index (χ1) is 13.9. The first-order valence-corrected chi connectivity index (χ1v) is 9.84. The Kier molecular flexibility index (Phi) is 6.51. The largest absolute Gasteiger partial charge is 0.506 e. The van der Waals surface area contributed by atoms with E-state index < -0.39 is 5.97 Å². The summed E-state index contributed by atoms with van der Waals surface area (Å²) in [7, 11) is 1.45. The first-order valence-electron chi connectivity index (χ1n) is 8.64. The van der Waals surface area contributed by atoms with Gasteiger partial charge in [0, 0.05) is 5.02 Å². The minimum Gasteiger partial charge on any atom is -0.506 e. The van der Waals surface area contributed by atoms with Gasteiger partial charge in [0.05, 0.1) is 24.3 Å². The van der Waals surface area contributed by atoms with Crippen LogP contribution in [0.4, 0.5) is 5.69 Å². The summed E-state index contributed by atoms with van der Waals surface area (Å²) in [4.78, 5) is 17.3. The summed E-state index contributed by atoms with van der Waals surface area (Å²) >= 11 is 7.05. The zero-order valence-electron chi connectivity index (χ0n) is 15.7. The van der Waals surface area contributed by atoms with Gasteiger partial charge in [-0.05, 0) is 55.0 Å². The second-order valence-electron chi connectivity index (χ2n) is 5.88. The minimum atomic E-state index is -0.656. The van der Waals surface area contributed by atoms with Gasteiger partial charge in [0.1, 0.15) is 16.4 Å². The smallest absolute Gasteiger partial charge is 0.344 e. The van der Waals surface area contributed by atoms with Crippen molar-refractivity contribution in [3.63, 3.8) is 0 Å². The molecule has 0 unspecified atom stereocenters. The second-order valence-corrected chi connectivity index (χ2v) is 7.35. The van der Waals surface area contributed by atoms with Gasteiger partial charge in [0.25, 0.3) is 0 Å². The molecule has 3 rings (SSSR count). The normalized spacial score (nSPS) is 16.5. The van der Waals surface area contributed by atoms with E-state index in [2.05, 4.69) is 4.99 Å². The number of rotatable bonds is 5. The van der Waals surface area contributed by atoms with Gasteiger partial charge < -0.3 is 19.7 Å². The number of halogens is 1. The number of aliphatic hydroxyl groups is 1. The molecule has 150 valence electrons. The van der Waals surface area contributed by atoms with Crippen LogP contribution < -0.4 is 4.74 Å². The van der Waals surface area contributed by atoms with Crippen LogP contribution in [-0.2, 0) is 9.53 Å². The molecule has 0 atom stereocenters. The molecular weight excluding hydrogens is 414 g/mol. The van der Waals surface area contributed by atoms with Crippen molar-refractivity contribution in [1.29, 1.82) is 0 Å². The Balaban J connectivity index is 2.03. The predicted molar refractivity (Wildman–Crippen MR) is 115 cm³/mol. The molecule has 8 heteroatoms. The van der Waals surface area contributed by atoms with Gasteiger partial charge in [-0.1, -0.05) is 29.4 Å².